The lowest BCUT2D eigenvalue weighted by Gasteiger charge is -2.36. The second-order valence-corrected chi connectivity index (χ2v) is 5.27. The number of carbonyl (C=O) groups excluding carboxylic acids is 1. The number of nitrogens with one attached hydrogen (secondary N) is 2. The predicted molar refractivity (Wildman–Crippen MR) is 70.4 cm³/mol. The van der Waals surface area contributed by atoms with Gasteiger partial charge >= 0.3 is 0 Å². The van der Waals surface area contributed by atoms with Crippen molar-refractivity contribution in [2.75, 3.05) is 19.7 Å². The minimum Gasteiger partial charge on any atom is -0.377 e. The number of piperidine rings is 1. The van der Waals surface area contributed by atoms with Gasteiger partial charge in [-0.25, -0.2) is 0 Å². The van der Waals surface area contributed by atoms with Gasteiger partial charge in [0.25, 0.3) is 0 Å². The molecule has 3 rings (SSSR count). The predicted octanol–water partition coefficient (Wildman–Crippen LogP) is 0.466. The molecule has 2 aliphatic rings. The maximum atomic E-state index is 12.5. The van der Waals surface area contributed by atoms with Gasteiger partial charge in [-0.1, -0.05) is 6.07 Å². The molecular formula is C14H19N3O2. The number of fused-ring (bicyclic) bond motifs is 1. The number of nitrogens with zero attached hydrogens (tertiary/aromatic N) is 1. The van der Waals surface area contributed by atoms with Crippen LogP contribution in [0.15, 0.2) is 24.5 Å². The van der Waals surface area contributed by atoms with Crippen molar-refractivity contribution in [3.05, 3.63) is 30.1 Å². The first-order valence-electron chi connectivity index (χ1n) is 6.81. The third kappa shape index (κ3) is 2.35. The van der Waals surface area contributed by atoms with Gasteiger partial charge in [-0.2, -0.15) is 0 Å². The molecule has 5 heteroatoms. The molecule has 2 aliphatic heterocycles. The molecule has 0 spiro atoms. The Hall–Kier alpha value is -1.46. The van der Waals surface area contributed by atoms with Crippen LogP contribution >= 0.6 is 0 Å². The minimum atomic E-state index is -0.375. The van der Waals surface area contributed by atoms with E-state index < -0.39 is 0 Å². The van der Waals surface area contributed by atoms with E-state index in [1.165, 1.54) is 0 Å². The van der Waals surface area contributed by atoms with E-state index in [0.29, 0.717) is 13.2 Å². The number of rotatable bonds is 3. The van der Waals surface area contributed by atoms with Crippen molar-refractivity contribution < 1.29 is 9.53 Å². The third-order valence-electron chi connectivity index (χ3n) is 4.14. The summed E-state index contributed by atoms with van der Waals surface area (Å²) in [5.74, 6) is 0.103. The van der Waals surface area contributed by atoms with E-state index in [2.05, 4.69) is 15.6 Å². The number of carbonyl (C=O) groups is 1. The van der Waals surface area contributed by atoms with Crippen molar-refractivity contribution in [1.29, 1.82) is 0 Å². The number of hydrogen-bond donors (Lipinski definition) is 2. The van der Waals surface area contributed by atoms with E-state index in [-0.39, 0.29) is 17.4 Å². The fraction of sp³-hybridized carbons (Fsp3) is 0.571. The van der Waals surface area contributed by atoms with Crippen LogP contribution in [0.1, 0.15) is 18.4 Å². The maximum Gasteiger partial charge on any atom is 0.230 e. The van der Waals surface area contributed by atoms with Crippen molar-refractivity contribution in [3.63, 3.8) is 0 Å². The smallest absolute Gasteiger partial charge is 0.230 e. The summed E-state index contributed by atoms with van der Waals surface area (Å²) in [4.78, 5) is 16.6. The van der Waals surface area contributed by atoms with Crippen LogP contribution in [0.25, 0.3) is 0 Å². The molecule has 0 bridgehead atoms. The molecule has 2 fully saturated rings. The van der Waals surface area contributed by atoms with E-state index in [4.69, 9.17) is 4.74 Å². The van der Waals surface area contributed by atoms with E-state index in [0.717, 1.165) is 31.5 Å². The molecule has 0 radical (unpaired) electrons. The average Bonchev–Trinajstić information content (AvgIpc) is 2.91. The van der Waals surface area contributed by atoms with Crippen LogP contribution in [0.3, 0.4) is 0 Å². The molecule has 2 atom stereocenters. The van der Waals surface area contributed by atoms with Crippen molar-refractivity contribution in [2.24, 2.45) is 5.41 Å². The lowest BCUT2D eigenvalue weighted by Crippen LogP contribution is -2.55. The summed E-state index contributed by atoms with van der Waals surface area (Å²) in [6, 6.07) is 3.84. The van der Waals surface area contributed by atoms with E-state index >= 15 is 0 Å². The molecule has 1 amide bonds. The van der Waals surface area contributed by atoms with Gasteiger partial charge in [0.1, 0.15) is 0 Å². The van der Waals surface area contributed by atoms with E-state index in [9.17, 15) is 4.79 Å². The molecule has 1 aromatic rings. The zero-order valence-corrected chi connectivity index (χ0v) is 10.9. The van der Waals surface area contributed by atoms with Crippen LogP contribution in [-0.4, -0.2) is 36.7 Å². The summed E-state index contributed by atoms with van der Waals surface area (Å²) in [7, 11) is 0. The Kier molecular flexibility index (Phi) is 3.48. The Labute approximate surface area is 112 Å². The number of amides is 1. The second kappa shape index (κ2) is 5.27. The Balaban J connectivity index is 1.66. The first kappa shape index (κ1) is 12.6. The molecular weight excluding hydrogens is 242 g/mol. The highest BCUT2D eigenvalue weighted by atomic mass is 16.5. The van der Waals surface area contributed by atoms with Crippen molar-refractivity contribution in [2.45, 2.75) is 25.5 Å². The van der Waals surface area contributed by atoms with Crippen LogP contribution in [0.5, 0.6) is 0 Å². The molecule has 0 saturated carbocycles. The summed E-state index contributed by atoms with van der Waals surface area (Å²) in [6.07, 6.45) is 5.31. The monoisotopic (exact) mass is 261 g/mol. The zero-order chi connectivity index (χ0) is 13.1. The fourth-order valence-corrected chi connectivity index (χ4v) is 3.01. The standard InChI is InChI=1S/C14H19N3O2/c18-13(17-9-11-2-1-5-15-8-11)14-4-7-19-12(14)3-6-16-10-14/h1-2,5,8,12,16H,3-4,6-7,9-10H2,(H,17,18)/t12-,14-/m1/s1. The lowest BCUT2D eigenvalue weighted by molar-refractivity contribution is -0.135. The number of ether oxygens (including phenoxy) is 1. The van der Waals surface area contributed by atoms with Crippen LogP contribution in [0, 0.1) is 5.41 Å². The zero-order valence-electron chi connectivity index (χ0n) is 10.9. The summed E-state index contributed by atoms with van der Waals surface area (Å²) in [5, 5.41) is 6.35. The average molecular weight is 261 g/mol. The first-order chi connectivity index (χ1) is 9.31. The Bertz CT molecular complexity index is 451. The van der Waals surface area contributed by atoms with E-state index in [1.54, 1.807) is 12.4 Å². The molecule has 5 nitrogen and oxygen atoms in total. The Morgan fingerprint density at radius 2 is 2.58 bits per heavy atom. The highest BCUT2D eigenvalue weighted by Crippen LogP contribution is 2.38. The van der Waals surface area contributed by atoms with Gasteiger partial charge in [0.15, 0.2) is 0 Å². The second-order valence-electron chi connectivity index (χ2n) is 5.27. The van der Waals surface area contributed by atoms with Crippen molar-refractivity contribution in [1.82, 2.24) is 15.6 Å². The Morgan fingerprint density at radius 1 is 1.63 bits per heavy atom. The van der Waals surface area contributed by atoms with Gasteiger partial charge in [0.05, 0.1) is 11.5 Å². The van der Waals surface area contributed by atoms with Gasteiger partial charge in [-0.3, -0.25) is 9.78 Å². The van der Waals surface area contributed by atoms with Crippen LogP contribution in [0.4, 0.5) is 0 Å². The number of aromatic nitrogens is 1. The summed E-state index contributed by atoms with van der Waals surface area (Å²) in [6.45, 7) is 2.87. The maximum absolute atomic E-state index is 12.5. The van der Waals surface area contributed by atoms with Gasteiger partial charge < -0.3 is 15.4 Å². The molecule has 19 heavy (non-hydrogen) atoms. The lowest BCUT2D eigenvalue weighted by atomic mass is 9.76. The van der Waals surface area contributed by atoms with Gasteiger partial charge in [-0.15, -0.1) is 0 Å². The SMILES string of the molecule is O=C(NCc1cccnc1)[C@@]12CCO[C@@H]1CCNC2. The molecule has 0 aromatic carbocycles. The first-order valence-corrected chi connectivity index (χ1v) is 6.81. The molecule has 1 aromatic heterocycles. The topological polar surface area (TPSA) is 63.2 Å². The molecule has 2 saturated heterocycles. The summed E-state index contributed by atoms with van der Waals surface area (Å²) in [5.41, 5.74) is 0.645. The largest absolute Gasteiger partial charge is 0.377 e. The third-order valence-corrected chi connectivity index (χ3v) is 4.14. The quantitative estimate of drug-likeness (QED) is 0.830. The van der Waals surface area contributed by atoms with Gasteiger partial charge in [0, 0.05) is 32.1 Å². The summed E-state index contributed by atoms with van der Waals surface area (Å²) >= 11 is 0. The number of hydrogen-bond acceptors (Lipinski definition) is 4. The van der Waals surface area contributed by atoms with Crippen molar-refractivity contribution in [3.8, 4) is 0 Å². The fourth-order valence-electron chi connectivity index (χ4n) is 3.01. The number of pyridine rings is 1. The molecule has 3 heterocycles. The normalized spacial score (nSPS) is 29.8. The summed E-state index contributed by atoms with van der Waals surface area (Å²) < 4.78 is 5.72. The highest BCUT2D eigenvalue weighted by Gasteiger charge is 2.51. The Morgan fingerprint density at radius 3 is 3.42 bits per heavy atom. The van der Waals surface area contributed by atoms with Crippen LogP contribution in [-0.2, 0) is 16.1 Å². The highest BCUT2D eigenvalue weighted by molar-refractivity contribution is 5.84. The van der Waals surface area contributed by atoms with Crippen LogP contribution < -0.4 is 10.6 Å². The van der Waals surface area contributed by atoms with Crippen molar-refractivity contribution >= 4 is 5.91 Å². The molecule has 0 aliphatic carbocycles. The van der Waals surface area contributed by atoms with Crippen LogP contribution in [0.2, 0.25) is 0 Å². The minimum absolute atomic E-state index is 0.0719. The van der Waals surface area contributed by atoms with Gasteiger partial charge in [0.2, 0.25) is 5.91 Å². The molecule has 2 N–H and O–H groups in total. The van der Waals surface area contributed by atoms with Gasteiger partial charge in [-0.05, 0) is 31.0 Å². The molecule has 102 valence electrons. The van der Waals surface area contributed by atoms with E-state index in [1.807, 2.05) is 12.1 Å². The molecule has 0 unspecified atom stereocenters.